The molecule has 0 amide bonds. The quantitative estimate of drug-likeness (QED) is 0.367. The lowest BCUT2D eigenvalue weighted by Crippen LogP contribution is -1.98. The van der Waals surface area contributed by atoms with Gasteiger partial charge in [-0.15, -0.1) is 0 Å². The highest BCUT2D eigenvalue weighted by Gasteiger charge is 2.22. The van der Waals surface area contributed by atoms with E-state index in [1.807, 2.05) is 37.8 Å². The smallest absolute Gasteiger partial charge is 0.258 e. The van der Waals surface area contributed by atoms with Crippen LogP contribution in [0.15, 0.2) is 41.5 Å². The molecule has 0 aromatic heterocycles. The minimum atomic E-state index is -0.466. The predicted octanol–water partition coefficient (Wildman–Crippen LogP) is 3.36. The highest BCUT2D eigenvalue weighted by Crippen LogP contribution is 2.33. The van der Waals surface area contributed by atoms with Gasteiger partial charge >= 0.3 is 0 Å². The molecular weight excluding hydrogens is 278 g/mol. The molecule has 105 valence electrons. The van der Waals surface area contributed by atoms with Crippen molar-refractivity contribution < 1.29 is 4.92 Å². The summed E-state index contributed by atoms with van der Waals surface area (Å²) in [7, 11) is 0. The summed E-state index contributed by atoms with van der Waals surface area (Å²) in [5.74, 6) is 0.774. The molecule has 0 heterocycles. The molecule has 0 saturated heterocycles. The molecule has 1 aromatic rings. The van der Waals surface area contributed by atoms with Gasteiger partial charge in [-0.3, -0.25) is 10.1 Å². The Labute approximate surface area is 128 Å². The van der Waals surface area contributed by atoms with E-state index in [9.17, 15) is 10.1 Å². The SMILES string of the molecule is N#CC(C#N)=C(/C=C/c1ccc([N+](=O)[O-])cc1)[C]1[CH][CH][CH][CH]1. The fourth-order valence-electron chi connectivity index (χ4n) is 1.91. The number of nitro groups is 1. The van der Waals surface area contributed by atoms with Gasteiger partial charge in [0.25, 0.3) is 5.69 Å². The lowest BCUT2D eigenvalue weighted by atomic mass is 9.92. The third kappa shape index (κ3) is 3.59. The summed E-state index contributed by atoms with van der Waals surface area (Å²) in [6, 6.07) is 9.78. The summed E-state index contributed by atoms with van der Waals surface area (Å²) in [5.41, 5.74) is 1.29. The van der Waals surface area contributed by atoms with E-state index in [2.05, 4.69) is 0 Å². The molecule has 5 radical (unpaired) electrons. The Morgan fingerprint density at radius 3 is 2.18 bits per heavy atom. The van der Waals surface area contributed by atoms with Crippen LogP contribution in [0, 0.1) is 64.4 Å². The zero-order valence-electron chi connectivity index (χ0n) is 11.4. The Bertz CT molecular complexity index is 681. The van der Waals surface area contributed by atoms with E-state index < -0.39 is 4.92 Å². The van der Waals surface area contributed by atoms with E-state index in [4.69, 9.17) is 10.5 Å². The summed E-state index contributed by atoms with van der Waals surface area (Å²) in [6.07, 6.45) is 10.6. The van der Waals surface area contributed by atoms with Gasteiger partial charge in [0, 0.05) is 18.1 Å². The van der Waals surface area contributed by atoms with Crippen molar-refractivity contribution in [2.45, 2.75) is 0 Å². The van der Waals surface area contributed by atoms with Crippen LogP contribution < -0.4 is 0 Å². The van der Waals surface area contributed by atoms with E-state index in [1.165, 1.54) is 12.1 Å². The van der Waals surface area contributed by atoms with Gasteiger partial charge < -0.3 is 0 Å². The molecule has 2 rings (SSSR count). The molecule has 0 unspecified atom stereocenters. The number of nitriles is 2. The fourth-order valence-corrected chi connectivity index (χ4v) is 1.91. The molecule has 1 aliphatic rings. The minimum absolute atomic E-state index is 0.0127. The zero-order chi connectivity index (χ0) is 15.9. The molecule has 0 spiro atoms. The number of benzene rings is 1. The second-order valence-electron chi connectivity index (χ2n) is 4.37. The van der Waals surface area contributed by atoms with Crippen molar-refractivity contribution >= 4 is 11.8 Å². The second kappa shape index (κ2) is 7.19. The summed E-state index contributed by atoms with van der Waals surface area (Å²) in [5, 5.41) is 28.7. The molecule has 5 heteroatoms. The third-order valence-electron chi connectivity index (χ3n) is 3.01. The number of rotatable bonds is 4. The monoisotopic (exact) mass is 288 g/mol. The van der Waals surface area contributed by atoms with Crippen LogP contribution in [0.25, 0.3) is 6.08 Å². The topological polar surface area (TPSA) is 90.7 Å². The average Bonchev–Trinajstić information content (AvgIpc) is 3.06. The Kier molecular flexibility index (Phi) is 5.06. The number of allylic oxidation sites excluding steroid dienone is 3. The lowest BCUT2D eigenvalue weighted by molar-refractivity contribution is -0.384. The first kappa shape index (κ1) is 15.5. The number of nitrogens with zero attached hydrogens (tertiary/aromatic N) is 3. The maximum Gasteiger partial charge on any atom is 0.269 e. The van der Waals surface area contributed by atoms with Crippen LogP contribution in [-0.4, -0.2) is 4.92 Å². The zero-order valence-corrected chi connectivity index (χ0v) is 11.4. The normalized spacial score (nSPS) is 14.5. The number of hydrogen-bond acceptors (Lipinski definition) is 4. The highest BCUT2D eigenvalue weighted by molar-refractivity contribution is 5.65. The van der Waals surface area contributed by atoms with Crippen LogP contribution in [0.5, 0.6) is 0 Å². The van der Waals surface area contributed by atoms with Crippen LogP contribution in [-0.2, 0) is 0 Å². The molecule has 0 aliphatic heterocycles. The molecule has 1 aromatic carbocycles. The van der Waals surface area contributed by atoms with Gasteiger partial charge in [0.05, 0.1) is 4.92 Å². The van der Waals surface area contributed by atoms with Crippen LogP contribution in [0.3, 0.4) is 0 Å². The van der Waals surface area contributed by atoms with Crippen molar-refractivity contribution in [2.24, 2.45) is 0 Å². The van der Waals surface area contributed by atoms with E-state index in [0.717, 1.165) is 11.5 Å². The Hall–Kier alpha value is -2.92. The van der Waals surface area contributed by atoms with Crippen LogP contribution in [0.1, 0.15) is 5.56 Å². The van der Waals surface area contributed by atoms with E-state index >= 15 is 0 Å². The first-order valence-corrected chi connectivity index (χ1v) is 6.35. The van der Waals surface area contributed by atoms with Crippen molar-refractivity contribution in [1.29, 1.82) is 10.5 Å². The molecule has 22 heavy (non-hydrogen) atoms. The summed E-state index contributed by atoms with van der Waals surface area (Å²) < 4.78 is 0. The standard InChI is InChI=1S/C17H10N3O2/c18-11-15(12-19)17(14-3-1-2-4-14)10-7-13-5-8-16(9-6-13)20(21)22/h1-10H/b10-7+. The van der Waals surface area contributed by atoms with Crippen molar-refractivity contribution in [3.05, 3.63) is 88.8 Å². The Balaban J connectivity index is 2.27. The second-order valence-corrected chi connectivity index (χ2v) is 4.37. The first-order valence-electron chi connectivity index (χ1n) is 6.35. The van der Waals surface area contributed by atoms with Gasteiger partial charge in [-0.05, 0) is 49.0 Å². The molecule has 0 bridgehead atoms. The Morgan fingerprint density at radius 2 is 1.68 bits per heavy atom. The lowest BCUT2D eigenvalue weighted by Gasteiger charge is -2.09. The summed E-state index contributed by atoms with van der Waals surface area (Å²) in [4.78, 5) is 10.1. The number of nitro benzene ring substituents is 1. The van der Waals surface area contributed by atoms with Gasteiger partial charge in [-0.25, -0.2) is 0 Å². The fraction of sp³-hybridized carbons (Fsp3) is 0. The van der Waals surface area contributed by atoms with E-state index in [0.29, 0.717) is 5.57 Å². The van der Waals surface area contributed by atoms with Gasteiger partial charge in [0.15, 0.2) is 0 Å². The van der Waals surface area contributed by atoms with Crippen molar-refractivity contribution in [3.8, 4) is 12.1 Å². The highest BCUT2D eigenvalue weighted by atomic mass is 16.6. The molecule has 1 aliphatic carbocycles. The molecule has 0 atom stereocenters. The average molecular weight is 288 g/mol. The molecule has 0 N–H and O–H groups in total. The molecular formula is C17H10N3O2. The van der Waals surface area contributed by atoms with Gasteiger partial charge in [0.2, 0.25) is 0 Å². The number of hydrogen-bond donors (Lipinski definition) is 0. The maximum absolute atomic E-state index is 10.6. The van der Waals surface area contributed by atoms with Gasteiger partial charge in [0.1, 0.15) is 17.7 Å². The van der Waals surface area contributed by atoms with Crippen molar-refractivity contribution in [1.82, 2.24) is 0 Å². The first-order chi connectivity index (χ1) is 10.7. The summed E-state index contributed by atoms with van der Waals surface area (Å²) >= 11 is 0. The molecule has 1 saturated carbocycles. The van der Waals surface area contributed by atoms with E-state index in [1.54, 1.807) is 24.3 Å². The third-order valence-corrected chi connectivity index (χ3v) is 3.01. The predicted molar refractivity (Wildman–Crippen MR) is 80.8 cm³/mol. The summed E-state index contributed by atoms with van der Waals surface area (Å²) in [6.45, 7) is 0. The number of non-ortho nitro benzene ring substituents is 1. The Morgan fingerprint density at radius 1 is 1.09 bits per heavy atom. The van der Waals surface area contributed by atoms with Crippen molar-refractivity contribution in [3.63, 3.8) is 0 Å². The van der Waals surface area contributed by atoms with Crippen LogP contribution in [0.4, 0.5) is 5.69 Å². The largest absolute Gasteiger partial charge is 0.269 e. The van der Waals surface area contributed by atoms with Gasteiger partial charge in [-0.1, -0.05) is 12.2 Å². The van der Waals surface area contributed by atoms with Crippen LogP contribution >= 0.6 is 0 Å². The minimum Gasteiger partial charge on any atom is -0.258 e. The van der Waals surface area contributed by atoms with Gasteiger partial charge in [-0.2, -0.15) is 10.5 Å². The molecule has 5 nitrogen and oxygen atoms in total. The van der Waals surface area contributed by atoms with Crippen molar-refractivity contribution in [2.75, 3.05) is 0 Å². The molecule has 1 fully saturated rings. The van der Waals surface area contributed by atoms with Crippen LogP contribution in [0.2, 0.25) is 0 Å². The maximum atomic E-state index is 10.6. The van der Waals surface area contributed by atoms with E-state index in [-0.39, 0.29) is 11.3 Å².